The third kappa shape index (κ3) is 2.85. The fourth-order valence-electron chi connectivity index (χ4n) is 1.27. The summed E-state index contributed by atoms with van der Waals surface area (Å²) in [5.41, 5.74) is 0. The van der Waals surface area contributed by atoms with Crippen LogP contribution in [-0.4, -0.2) is 37.5 Å². The molecule has 0 amide bonds. The van der Waals surface area contributed by atoms with Crippen LogP contribution in [0.15, 0.2) is 12.7 Å². The summed E-state index contributed by atoms with van der Waals surface area (Å²) in [6, 6.07) is 0.0625. The van der Waals surface area contributed by atoms with Gasteiger partial charge in [0.05, 0.1) is 21.1 Å². The third-order valence-corrected chi connectivity index (χ3v) is 1.85. The van der Waals surface area contributed by atoms with Crippen molar-refractivity contribution >= 4 is 5.78 Å². The van der Waals surface area contributed by atoms with Crippen LogP contribution in [0, 0.1) is 0 Å². The van der Waals surface area contributed by atoms with Crippen LogP contribution in [0.25, 0.3) is 0 Å². The van der Waals surface area contributed by atoms with E-state index < -0.39 is 0 Å². The maximum absolute atomic E-state index is 11.3. The normalized spacial score (nSPS) is 14.2. The second-order valence-corrected chi connectivity index (χ2v) is 3.65. The average molecular weight is 156 g/mol. The first-order valence-corrected chi connectivity index (χ1v) is 3.90. The van der Waals surface area contributed by atoms with Crippen molar-refractivity contribution in [1.82, 2.24) is 0 Å². The summed E-state index contributed by atoms with van der Waals surface area (Å²) < 4.78 is 0.682. The molecule has 0 aliphatic carbocycles. The molecule has 0 heterocycles. The molecule has 0 radical (unpaired) electrons. The number of hydrogen-bond donors (Lipinski definition) is 0. The Morgan fingerprint density at radius 3 is 2.09 bits per heavy atom. The maximum Gasteiger partial charge on any atom is 0.212 e. The van der Waals surface area contributed by atoms with E-state index in [1.165, 1.54) is 6.08 Å². The molecule has 0 aromatic carbocycles. The first kappa shape index (κ1) is 10.4. The van der Waals surface area contributed by atoms with E-state index in [1.807, 2.05) is 28.1 Å². The van der Waals surface area contributed by atoms with Gasteiger partial charge in [-0.05, 0) is 6.08 Å². The van der Waals surface area contributed by atoms with Crippen molar-refractivity contribution in [2.45, 2.75) is 19.4 Å². The summed E-state index contributed by atoms with van der Waals surface area (Å²) in [7, 11) is 6.07. The third-order valence-electron chi connectivity index (χ3n) is 1.85. The minimum atomic E-state index is 0.0625. The van der Waals surface area contributed by atoms with Gasteiger partial charge in [-0.15, -0.1) is 0 Å². The molecule has 0 saturated heterocycles. The summed E-state index contributed by atoms with van der Waals surface area (Å²) in [6.07, 6.45) is 2.28. The Labute approximate surface area is 69.1 Å². The van der Waals surface area contributed by atoms with Gasteiger partial charge in [0, 0.05) is 6.42 Å². The standard InChI is InChI=1S/C9H18NO/c1-6-8(9(11)7-2)10(3,4)5/h7-8H,2,6H2,1,3-5H3/q+1. The number of nitrogens with zero attached hydrogens (tertiary/aromatic N) is 1. The van der Waals surface area contributed by atoms with Gasteiger partial charge in [-0.25, -0.2) is 0 Å². The molecular weight excluding hydrogens is 138 g/mol. The molecule has 0 N–H and O–H groups in total. The van der Waals surface area contributed by atoms with Crippen molar-refractivity contribution in [1.29, 1.82) is 0 Å². The van der Waals surface area contributed by atoms with Gasteiger partial charge in [-0.1, -0.05) is 13.5 Å². The zero-order valence-corrected chi connectivity index (χ0v) is 7.92. The lowest BCUT2D eigenvalue weighted by Gasteiger charge is -2.31. The average Bonchev–Trinajstić information content (AvgIpc) is 1.86. The van der Waals surface area contributed by atoms with E-state index in [0.717, 1.165) is 6.42 Å². The molecular formula is C9H18NO+. The zero-order chi connectivity index (χ0) is 9.07. The quantitative estimate of drug-likeness (QED) is 0.442. The first-order chi connectivity index (χ1) is 4.93. The molecule has 0 fully saturated rings. The molecule has 1 atom stereocenters. The van der Waals surface area contributed by atoms with Gasteiger partial charge in [0.1, 0.15) is 0 Å². The molecule has 0 saturated carbocycles. The van der Waals surface area contributed by atoms with E-state index in [0.29, 0.717) is 4.48 Å². The van der Waals surface area contributed by atoms with E-state index in [2.05, 4.69) is 6.58 Å². The van der Waals surface area contributed by atoms with Crippen LogP contribution in [0.2, 0.25) is 0 Å². The van der Waals surface area contributed by atoms with Gasteiger partial charge >= 0.3 is 0 Å². The van der Waals surface area contributed by atoms with Crippen LogP contribution in [-0.2, 0) is 4.79 Å². The van der Waals surface area contributed by atoms with Crippen LogP contribution in [0.5, 0.6) is 0 Å². The van der Waals surface area contributed by atoms with E-state index in [9.17, 15) is 4.79 Å². The highest BCUT2D eigenvalue weighted by atomic mass is 16.1. The molecule has 0 spiro atoms. The SMILES string of the molecule is C=CC(=O)C(CC)[N+](C)(C)C. The van der Waals surface area contributed by atoms with Crippen molar-refractivity contribution in [3.05, 3.63) is 12.7 Å². The Hall–Kier alpha value is -0.630. The Bertz CT molecular complexity index is 155. The van der Waals surface area contributed by atoms with E-state index in [4.69, 9.17) is 0 Å². The fraction of sp³-hybridized carbons (Fsp3) is 0.667. The molecule has 64 valence electrons. The summed E-state index contributed by atoms with van der Waals surface area (Å²) in [6.45, 7) is 5.51. The smallest absolute Gasteiger partial charge is 0.212 e. The number of carbonyl (C=O) groups excluding carboxylic acids is 1. The molecule has 0 aromatic heterocycles. The van der Waals surface area contributed by atoms with Crippen molar-refractivity contribution < 1.29 is 9.28 Å². The largest absolute Gasteiger partial charge is 0.322 e. The lowest BCUT2D eigenvalue weighted by molar-refractivity contribution is -0.886. The lowest BCUT2D eigenvalue weighted by Crippen LogP contribution is -2.48. The highest BCUT2D eigenvalue weighted by molar-refractivity contribution is 5.92. The van der Waals surface area contributed by atoms with Crippen molar-refractivity contribution in [3.63, 3.8) is 0 Å². The van der Waals surface area contributed by atoms with Crippen LogP contribution < -0.4 is 0 Å². The molecule has 1 unspecified atom stereocenters. The second kappa shape index (κ2) is 3.67. The molecule has 2 nitrogen and oxygen atoms in total. The number of carbonyl (C=O) groups is 1. The van der Waals surface area contributed by atoms with Gasteiger partial charge in [-0.2, -0.15) is 0 Å². The Balaban J connectivity index is 4.41. The molecule has 0 aliphatic heterocycles. The highest BCUT2D eigenvalue weighted by Gasteiger charge is 2.26. The summed E-state index contributed by atoms with van der Waals surface area (Å²) in [4.78, 5) is 11.3. The van der Waals surface area contributed by atoms with Gasteiger partial charge in [0.15, 0.2) is 6.04 Å². The van der Waals surface area contributed by atoms with Gasteiger partial charge in [0.25, 0.3) is 0 Å². The van der Waals surface area contributed by atoms with Crippen LogP contribution in [0.1, 0.15) is 13.3 Å². The fourth-order valence-corrected chi connectivity index (χ4v) is 1.27. The van der Waals surface area contributed by atoms with Crippen molar-refractivity contribution in [2.75, 3.05) is 21.1 Å². The summed E-state index contributed by atoms with van der Waals surface area (Å²) >= 11 is 0. The number of ketones is 1. The Morgan fingerprint density at radius 2 is 2.00 bits per heavy atom. The predicted molar refractivity (Wildman–Crippen MR) is 47.3 cm³/mol. The lowest BCUT2D eigenvalue weighted by atomic mass is 10.1. The zero-order valence-electron chi connectivity index (χ0n) is 7.92. The minimum absolute atomic E-state index is 0.0625. The summed E-state index contributed by atoms with van der Waals surface area (Å²) in [5.74, 6) is 0.139. The molecule has 2 heteroatoms. The summed E-state index contributed by atoms with van der Waals surface area (Å²) in [5, 5.41) is 0. The van der Waals surface area contributed by atoms with Crippen LogP contribution >= 0.6 is 0 Å². The Kier molecular flexibility index (Phi) is 3.46. The molecule has 11 heavy (non-hydrogen) atoms. The predicted octanol–water partition coefficient (Wildman–Crippen LogP) is 1.23. The van der Waals surface area contributed by atoms with Gasteiger partial charge < -0.3 is 4.48 Å². The first-order valence-electron chi connectivity index (χ1n) is 3.90. The topological polar surface area (TPSA) is 17.1 Å². The van der Waals surface area contributed by atoms with Gasteiger partial charge in [0.2, 0.25) is 5.78 Å². The second-order valence-electron chi connectivity index (χ2n) is 3.65. The molecule has 0 aliphatic rings. The van der Waals surface area contributed by atoms with Crippen LogP contribution in [0.4, 0.5) is 0 Å². The van der Waals surface area contributed by atoms with E-state index in [-0.39, 0.29) is 11.8 Å². The van der Waals surface area contributed by atoms with E-state index in [1.54, 1.807) is 0 Å². The van der Waals surface area contributed by atoms with Crippen LogP contribution in [0.3, 0.4) is 0 Å². The Morgan fingerprint density at radius 1 is 1.55 bits per heavy atom. The maximum atomic E-state index is 11.3. The van der Waals surface area contributed by atoms with Gasteiger partial charge in [-0.3, -0.25) is 4.79 Å². The monoisotopic (exact) mass is 156 g/mol. The van der Waals surface area contributed by atoms with Crippen molar-refractivity contribution in [3.8, 4) is 0 Å². The number of rotatable bonds is 4. The number of hydrogen-bond acceptors (Lipinski definition) is 1. The minimum Gasteiger partial charge on any atom is -0.322 e. The molecule has 0 rings (SSSR count). The highest BCUT2D eigenvalue weighted by Crippen LogP contribution is 2.08. The van der Waals surface area contributed by atoms with E-state index >= 15 is 0 Å². The van der Waals surface area contributed by atoms with Crippen molar-refractivity contribution in [2.24, 2.45) is 0 Å². The molecule has 0 aromatic rings. The number of quaternary nitrogens is 1. The molecule has 0 bridgehead atoms. The number of likely N-dealkylation sites (N-methyl/N-ethyl adjacent to an activating group) is 1.